The van der Waals surface area contributed by atoms with Gasteiger partial charge in [0.2, 0.25) is 5.56 Å². The van der Waals surface area contributed by atoms with E-state index < -0.39 is 5.91 Å². The standard InChI is InChI=1S/C17H12N4O3/c22-15-8-11(10-3-1-2-4-12(10)19-15)16(23)18-9-5-6-13-14(7-9)21-17(24)20-13/h1-8H,(H,18,23)(H,19,22)(H2,20,21,24). The molecule has 4 rings (SSSR count). The molecule has 0 aliphatic carbocycles. The van der Waals surface area contributed by atoms with E-state index in [1.165, 1.54) is 6.07 Å². The van der Waals surface area contributed by atoms with Crippen molar-refractivity contribution in [3.8, 4) is 0 Å². The van der Waals surface area contributed by atoms with Gasteiger partial charge in [-0.1, -0.05) is 18.2 Å². The van der Waals surface area contributed by atoms with Crippen molar-refractivity contribution in [2.24, 2.45) is 0 Å². The van der Waals surface area contributed by atoms with Gasteiger partial charge in [0.15, 0.2) is 0 Å². The van der Waals surface area contributed by atoms with Gasteiger partial charge in [-0.15, -0.1) is 0 Å². The number of H-pyrrole nitrogens is 3. The molecule has 2 aromatic carbocycles. The Kier molecular flexibility index (Phi) is 3.06. The molecule has 0 aliphatic rings. The van der Waals surface area contributed by atoms with Crippen LogP contribution in [0.1, 0.15) is 10.4 Å². The average Bonchev–Trinajstić information content (AvgIpc) is 2.93. The highest BCUT2D eigenvalue weighted by atomic mass is 16.2. The van der Waals surface area contributed by atoms with Crippen molar-refractivity contribution in [1.82, 2.24) is 15.0 Å². The second kappa shape index (κ2) is 5.24. The molecule has 0 fully saturated rings. The zero-order valence-electron chi connectivity index (χ0n) is 12.3. The number of hydrogen-bond donors (Lipinski definition) is 4. The number of aromatic nitrogens is 3. The summed E-state index contributed by atoms with van der Waals surface area (Å²) < 4.78 is 0. The molecule has 24 heavy (non-hydrogen) atoms. The number of fused-ring (bicyclic) bond motifs is 2. The van der Waals surface area contributed by atoms with Gasteiger partial charge in [0.1, 0.15) is 0 Å². The third kappa shape index (κ3) is 2.38. The third-order valence-electron chi connectivity index (χ3n) is 3.77. The van der Waals surface area contributed by atoms with Crippen LogP contribution in [0.2, 0.25) is 0 Å². The number of benzene rings is 2. The fraction of sp³-hybridized carbons (Fsp3) is 0. The van der Waals surface area contributed by atoms with E-state index in [1.54, 1.807) is 42.5 Å². The monoisotopic (exact) mass is 320 g/mol. The highest BCUT2D eigenvalue weighted by Crippen LogP contribution is 2.18. The van der Waals surface area contributed by atoms with Crippen LogP contribution in [0.15, 0.2) is 58.1 Å². The van der Waals surface area contributed by atoms with Crippen LogP contribution in [-0.2, 0) is 0 Å². The SMILES string of the molecule is O=C(Nc1ccc2[nH]c(=O)[nH]c2c1)c1cc(=O)[nH]c2ccccc12. The van der Waals surface area contributed by atoms with Crippen LogP contribution >= 0.6 is 0 Å². The fourth-order valence-corrected chi connectivity index (χ4v) is 2.70. The Bertz CT molecular complexity index is 1200. The Morgan fingerprint density at radius 3 is 2.50 bits per heavy atom. The van der Waals surface area contributed by atoms with Crippen molar-refractivity contribution >= 4 is 33.5 Å². The quantitative estimate of drug-likeness (QED) is 0.453. The first-order valence-corrected chi connectivity index (χ1v) is 7.26. The summed E-state index contributed by atoms with van der Waals surface area (Å²) in [5.41, 5.74) is 2.00. The van der Waals surface area contributed by atoms with E-state index in [0.29, 0.717) is 27.6 Å². The number of carbonyl (C=O) groups excluding carboxylic acids is 1. The van der Waals surface area contributed by atoms with Gasteiger partial charge >= 0.3 is 5.69 Å². The molecule has 0 unspecified atom stereocenters. The first-order valence-electron chi connectivity index (χ1n) is 7.26. The lowest BCUT2D eigenvalue weighted by Gasteiger charge is -2.08. The van der Waals surface area contributed by atoms with Crippen LogP contribution in [0.3, 0.4) is 0 Å². The molecule has 2 heterocycles. The summed E-state index contributed by atoms with van der Waals surface area (Å²) in [6.07, 6.45) is 0. The van der Waals surface area contributed by atoms with Gasteiger partial charge in [0.05, 0.1) is 16.6 Å². The second-order valence-electron chi connectivity index (χ2n) is 5.39. The van der Waals surface area contributed by atoms with Crippen molar-refractivity contribution < 1.29 is 4.79 Å². The molecular weight excluding hydrogens is 308 g/mol. The molecule has 2 aromatic heterocycles. The zero-order valence-corrected chi connectivity index (χ0v) is 12.3. The Morgan fingerprint density at radius 2 is 1.62 bits per heavy atom. The molecular formula is C17H12N4O3. The molecule has 0 radical (unpaired) electrons. The topological polar surface area (TPSA) is 111 Å². The number of nitrogens with one attached hydrogen (secondary N) is 4. The average molecular weight is 320 g/mol. The predicted molar refractivity (Wildman–Crippen MR) is 91.4 cm³/mol. The van der Waals surface area contributed by atoms with Crippen LogP contribution in [-0.4, -0.2) is 20.9 Å². The fourth-order valence-electron chi connectivity index (χ4n) is 2.70. The summed E-state index contributed by atoms with van der Waals surface area (Å²) in [5, 5.41) is 3.41. The van der Waals surface area contributed by atoms with Crippen molar-refractivity contribution in [2.45, 2.75) is 0 Å². The summed E-state index contributed by atoms with van der Waals surface area (Å²) in [4.78, 5) is 43.6. The number of amides is 1. The summed E-state index contributed by atoms with van der Waals surface area (Å²) in [6, 6.07) is 13.4. The van der Waals surface area contributed by atoms with Gasteiger partial charge in [0, 0.05) is 22.7 Å². The summed E-state index contributed by atoms with van der Waals surface area (Å²) >= 11 is 0. The van der Waals surface area contributed by atoms with Crippen molar-refractivity contribution in [2.75, 3.05) is 5.32 Å². The van der Waals surface area contributed by atoms with Crippen LogP contribution < -0.4 is 16.6 Å². The van der Waals surface area contributed by atoms with Gasteiger partial charge in [-0.3, -0.25) is 9.59 Å². The molecule has 118 valence electrons. The molecule has 0 atom stereocenters. The maximum atomic E-state index is 12.6. The van der Waals surface area contributed by atoms with Crippen molar-refractivity contribution in [1.29, 1.82) is 0 Å². The van der Waals surface area contributed by atoms with E-state index in [0.717, 1.165) is 0 Å². The van der Waals surface area contributed by atoms with Crippen LogP contribution in [0.5, 0.6) is 0 Å². The first kappa shape index (κ1) is 14.0. The molecule has 0 bridgehead atoms. The Balaban J connectivity index is 1.75. The van der Waals surface area contributed by atoms with Crippen molar-refractivity contribution in [3.05, 3.63) is 74.9 Å². The summed E-state index contributed by atoms with van der Waals surface area (Å²) in [6.45, 7) is 0. The Morgan fingerprint density at radius 1 is 0.833 bits per heavy atom. The number of carbonyl (C=O) groups is 1. The molecule has 0 spiro atoms. The van der Waals surface area contributed by atoms with Gasteiger partial charge in [0.25, 0.3) is 5.91 Å². The van der Waals surface area contributed by atoms with Crippen LogP contribution in [0.25, 0.3) is 21.9 Å². The number of pyridine rings is 1. The maximum Gasteiger partial charge on any atom is 0.323 e. The first-order chi connectivity index (χ1) is 11.6. The lowest BCUT2D eigenvalue weighted by molar-refractivity contribution is 0.102. The van der Waals surface area contributed by atoms with E-state index in [2.05, 4.69) is 20.3 Å². The maximum absolute atomic E-state index is 12.6. The molecule has 0 aliphatic heterocycles. The van der Waals surface area contributed by atoms with Crippen LogP contribution in [0.4, 0.5) is 5.69 Å². The molecule has 4 aromatic rings. The number of anilines is 1. The van der Waals surface area contributed by atoms with Gasteiger partial charge in [-0.25, -0.2) is 4.79 Å². The van der Waals surface area contributed by atoms with E-state index >= 15 is 0 Å². The third-order valence-corrected chi connectivity index (χ3v) is 3.77. The lowest BCUT2D eigenvalue weighted by atomic mass is 10.1. The van der Waals surface area contributed by atoms with E-state index in [9.17, 15) is 14.4 Å². The van der Waals surface area contributed by atoms with Gasteiger partial charge < -0.3 is 20.3 Å². The normalized spacial score (nSPS) is 11.0. The van der Waals surface area contributed by atoms with E-state index in [-0.39, 0.29) is 16.8 Å². The predicted octanol–water partition coefficient (Wildman–Crippen LogP) is 1.95. The number of para-hydroxylation sites is 1. The second-order valence-corrected chi connectivity index (χ2v) is 5.39. The Labute approximate surface area is 134 Å². The molecule has 7 nitrogen and oxygen atoms in total. The number of aromatic amines is 3. The minimum absolute atomic E-state index is 0.289. The highest BCUT2D eigenvalue weighted by Gasteiger charge is 2.12. The van der Waals surface area contributed by atoms with Crippen LogP contribution in [0, 0.1) is 0 Å². The summed E-state index contributed by atoms with van der Waals surface area (Å²) in [7, 11) is 0. The zero-order chi connectivity index (χ0) is 16.7. The minimum Gasteiger partial charge on any atom is -0.322 e. The van der Waals surface area contributed by atoms with Gasteiger partial charge in [-0.05, 0) is 24.3 Å². The molecule has 0 saturated carbocycles. The Hall–Kier alpha value is -3.61. The minimum atomic E-state index is -0.394. The molecule has 4 N–H and O–H groups in total. The summed E-state index contributed by atoms with van der Waals surface area (Å²) in [5.74, 6) is -0.394. The lowest BCUT2D eigenvalue weighted by Crippen LogP contribution is -2.16. The van der Waals surface area contributed by atoms with E-state index in [1.807, 2.05) is 0 Å². The van der Waals surface area contributed by atoms with Crippen molar-refractivity contribution in [3.63, 3.8) is 0 Å². The number of imidazole rings is 1. The van der Waals surface area contributed by atoms with E-state index in [4.69, 9.17) is 0 Å². The largest absolute Gasteiger partial charge is 0.323 e. The molecule has 1 amide bonds. The van der Waals surface area contributed by atoms with Gasteiger partial charge in [-0.2, -0.15) is 0 Å². The number of rotatable bonds is 2. The number of hydrogen-bond acceptors (Lipinski definition) is 3. The smallest absolute Gasteiger partial charge is 0.322 e. The molecule has 7 heteroatoms. The molecule has 0 saturated heterocycles. The highest BCUT2D eigenvalue weighted by molar-refractivity contribution is 6.12.